The van der Waals surface area contributed by atoms with E-state index in [1.54, 1.807) is 41.7 Å². The van der Waals surface area contributed by atoms with Crippen molar-refractivity contribution in [2.24, 2.45) is 0 Å². The van der Waals surface area contributed by atoms with Crippen LogP contribution >= 0.6 is 0 Å². The third-order valence-electron chi connectivity index (χ3n) is 6.92. The molecule has 0 aromatic heterocycles. The average molecular weight is 606 g/mol. The molecule has 7 nitrogen and oxygen atoms in total. The molecule has 230 valence electrons. The van der Waals surface area contributed by atoms with Crippen LogP contribution in [0.25, 0.3) is 0 Å². The average Bonchev–Trinajstić information content (AvgIpc) is 2.98. The van der Waals surface area contributed by atoms with Gasteiger partial charge in [0.15, 0.2) is 0 Å². The zero-order chi connectivity index (χ0) is 30.8. The van der Waals surface area contributed by atoms with Crippen molar-refractivity contribution in [1.29, 1.82) is 0 Å². The highest BCUT2D eigenvalue weighted by Gasteiger charge is 2.29. The van der Waals surface area contributed by atoms with Gasteiger partial charge in [-0.2, -0.15) is 13.2 Å². The molecule has 43 heavy (non-hydrogen) atoms. The number of rotatable bonds is 11. The maximum Gasteiger partial charge on any atom is 0.407 e. The Hall–Kier alpha value is -4.03. The number of ether oxygens (including phenoxy) is 2. The molecule has 3 N–H and O–H groups in total. The summed E-state index contributed by atoms with van der Waals surface area (Å²) in [6.07, 6.45) is -5.35. The second-order valence-corrected chi connectivity index (χ2v) is 10.2. The van der Waals surface area contributed by atoms with E-state index in [9.17, 15) is 31.5 Å². The van der Waals surface area contributed by atoms with Gasteiger partial charge in [-0.05, 0) is 59.9 Å². The van der Waals surface area contributed by atoms with Crippen LogP contribution < -0.4 is 16.0 Å². The molecule has 0 spiro atoms. The van der Waals surface area contributed by atoms with Gasteiger partial charge in [0.05, 0.1) is 6.10 Å². The SMILES string of the molecule is O=C(CC(c1ccc(F)cc1)c1ccc(F)cc1)Nc1ccccc1CC[C@@H]1CNC[C@@H](COC(=O)NCC(F)(F)F)O1. The van der Waals surface area contributed by atoms with Gasteiger partial charge in [0.2, 0.25) is 5.91 Å². The van der Waals surface area contributed by atoms with Gasteiger partial charge in [0.1, 0.15) is 30.9 Å². The first-order chi connectivity index (χ1) is 20.6. The van der Waals surface area contributed by atoms with E-state index < -0.39 is 42.5 Å². The summed E-state index contributed by atoms with van der Waals surface area (Å²) in [5.74, 6) is -1.50. The van der Waals surface area contributed by atoms with Gasteiger partial charge in [-0.15, -0.1) is 0 Å². The lowest BCUT2D eigenvalue weighted by atomic mass is 9.88. The third kappa shape index (κ3) is 10.3. The fraction of sp³-hybridized carbons (Fsp3) is 0.355. The van der Waals surface area contributed by atoms with Gasteiger partial charge in [0.25, 0.3) is 0 Å². The van der Waals surface area contributed by atoms with Crippen LogP contribution in [0.15, 0.2) is 72.8 Å². The molecule has 1 fully saturated rings. The molecule has 1 aliphatic rings. The van der Waals surface area contributed by atoms with Crippen molar-refractivity contribution < 1.29 is 41.0 Å². The number of alkyl halides is 3. The highest BCUT2D eigenvalue weighted by molar-refractivity contribution is 5.92. The number of benzene rings is 3. The van der Waals surface area contributed by atoms with Crippen LogP contribution in [0.4, 0.5) is 32.4 Å². The second kappa shape index (κ2) is 14.9. The lowest BCUT2D eigenvalue weighted by molar-refractivity contribution is -0.124. The van der Waals surface area contributed by atoms with Crippen LogP contribution in [0.1, 0.15) is 35.4 Å². The highest BCUT2D eigenvalue weighted by atomic mass is 19.4. The summed E-state index contributed by atoms with van der Waals surface area (Å²) in [5, 5.41) is 7.79. The first-order valence-corrected chi connectivity index (χ1v) is 13.8. The topological polar surface area (TPSA) is 88.7 Å². The first kappa shape index (κ1) is 31.9. The second-order valence-electron chi connectivity index (χ2n) is 10.2. The summed E-state index contributed by atoms with van der Waals surface area (Å²) < 4.78 is 74.7. The quantitative estimate of drug-likeness (QED) is 0.244. The van der Waals surface area contributed by atoms with E-state index in [0.717, 1.165) is 16.7 Å². The molecule has 0 radical (unpaired) electrons. The molecule has 4 rings (SSSR count). The van der Waals surface area contributed by atoms with Crippen molar-refractivity contribution in [3.8, 4) is 0 Å². The Morgan fingerprint density at radius 1 is 0.907 bits per heavy atom. The third-order valence-corrected chi connectivity index (χ3v) is 6.92. The maximum atomic E-state index is 13.6. The molecule has 1 saturated heterocycles. The number of halogens is 5. The molecule has 0 saturated carbocycles. The van der Waals surface area contributed by atoms with Crippen LogP contribution in [0.2, 0.25) is 0 Å². The van der Waals surface area contributed by atoms with E-state index in [1.165, 1.54) is 24.3 Å². The number of carbonyl (C=O) groups excluding carboxylic acids is 2. The Morgan fingerprint density at radius 2 is 1.51 bits per heavy atom. The fourth-order valence-corrected chi connectivity index (χ4v) is 4.82. The summed E-state index contributed by atoms with van der Waals surface area (Å²) in [6, 6.07) is 19.0. The molecule has 3 aromatic rings. The van der Waals surface area contributed by atoms with Gasteiger partial charge in [-0.25, -0.2) is 13.6 Å². The zero-order valence-electron chi connectivity index (χ0n) is 23.1. The van der Waals surface area contributed by atoms with Crippen molar-refractivity contribution >= 4 is 17.7 Å². The smallest absolute Gasteiger partial charge is 0.407 e. The monoisotopic (exact) mass is 605 g/mol. The Kier molecular flexibility index (Phi) is 11.1. The van der Waals surface area contributed by atoms with Crippen molar-refractivity contribution in [2.45, 2.75) is 43.6 Å². The molecule has 2 amide bonds. The molecule has 1 heterocycles. The predicted octanol–water partition coefficient (Wildman–Crippen LogP) is 5.70. The van der Waals surface area contributed by atoms with Gasteiger partial charge in [-0.1, -0.05) is 42.5 Å². The summed E-state index contributed by atoms with van der Waals surface area (Å²) >= 11 is 0. The number of para-hydroxylation sites is 1. The molecule has 1 aliphatic heterocycles. The minimum atomic E-state index is -4.53. The lowest BCUT2D eigenvalue weighted by Crippen LogP contribution is -2.47. The lowest BCUT2D eigenvalue weighted by Gasteiger charge is -2.30. The Morgan fingerprint density at radius 3 is 2.14 bits per heavy atom. The van der Waals surface area contributed by atoms with Crippen molar-refractivity contribution in [1.82, 2.24) is 10.6 Å². The number of hydrogen-bond donors (Lipinski definition) is 3. The Labute approximate surface area is 245 Å². The summed E-state index contributed by atoms with van der Waals surface area (Å²) in [7, 11) is 0. The molecule has 0 aliphatic carbocycles. The van der Waals surface area contributed by atoms with Crippen LogP contribution in [0.3, 0.4) is 0 Å². The summed E-state index contributed by atoms with van der Waals surface area (Å²) in [6.45, 7) is -0.780. The highest BCUT2D eigenvalue weighted by Crippen LogP contribution is 2.30. The van der Waals surface area contributed by atoms with Crippen LogP contribution in [0.5, 0.6) is 0 Å². The van der Waals surface area contributed by atoms with E-state index in [-0.39, 0.29) is 25.0 Å². The van der Waals surface area contributed by atoms with Gasteiger partial charge in [-0.3, -0.25) is 4.79 Å². The van der Waals surface area contributed by atoms with E-state index in [0.29, 0.717) is 31.6 Å². The normalized spacial score (nSPS) is 17.0. The standard InChI is InChI=1S/C31H32F5N3O4/c32-23-10-5-20(6-11-23)27(21-7-12-24(33)13-8-21)15-29(40)39-28-4-2-1-3-22(28)9-14-25-16-37-17-26(43-25)18-42-30(41)38-19-31(34,35)36/h1-8,10-13,25-27,37H,9,14-19H2,(H,38,41)(H,39,40)/t25-,26+/m1/s1. The predicted molar refractivity (Wildman–Crippen MR) is 150 cm³/mol. The van der Waals surface area contributed by atoms with Crippen LogP contribution in [0, 0.1) is 11.6 Å². The minimum absolute atomic E-state index is 0.0412. The number of morpholine rings is 1. The minimum Gasteiger partial charge on any atom is -0.447 e. The van der Waals surface area contributed by atoms with Gasteiger partial charge >= 0.3 is 12.3 Å². The van der Waals surface area contributed by atoms with Crippen molar-refractivity contribution in [3.05, 3.63) is 101 Å². The van der Waals surface area contributed by atoms with E-state index in [1.807, 2.05) is 12.1 Å². The number of carbonyl (C=O) groups is 2. The molecule has 3 aromatic carbocycles. The van der Waals surface area contributed by atoms with Crippen LogP contribution in [-0.4, -0.2) is 56.6 Å². The number of anilines is 1. The van der Waals surface area contributed by atoms with Gasteiger partial charge < -0.3 is 25.4 Å². The first-order valence-electron chi connectivity index (χ1n) is 13.8. The van der Waals surface area contributed by atoms with Crippen LogP contribution in [-0.2, 0) is 20.7 Å². The molecule has 0 bridgehead atoms. The van der Waals surface area contributed by atoms with E-state index in [2.05, 4.69) is 10.6 Å². The number of hydrogen-bond acceptors (Lipinski definition) is 5. The Balaban J connectivity index is 1.33. The number of amides is 2. The van der Waals surface area contributed by atoms with E-state index in [4.69, 9.17) is 9.47 Å². The molecular formula is C31H32F5N3O4. The molecule has 0 unspecified atom stereocenters. The van der Waals surface area contributed by atoms with Gasteiger partial charge in [0, 0.05) is 31.1 Å². The number of aryl methyl sites for hydroxylation is 1. The summed E-state index contributed by atoms with van der Waals surface area (Å²) in [5.41, 5.74) is 2.92. The van der Waals surface area contributed by atoms with Crippen molar-refractivity contribution in [3.63, 3.8) is 0 Å². The summed E-state index contributed by atoms with van der Waals surface area (Å²) in [4.78, 5) is 24.8. The fourth-order valence-electron chi connectivity index (χ4n) is 4.82. The Bertz CT molecular complexity index is 1310. The van der Waals surface area contributed by atoms with Crippen molar-refractivity contribution in [2.75, 3.05) is 31.6 Å². The molecular weight excluding hydrogens is 573 g/mol. The number of alkyl carbamates (subject to hydrolysis) is 1. The maximum absolute atomic E-state index is 13.6. The molecule has 2 atom stereocenters. The van der Waals surface area contributed by atoms with E-state index >= 15 is 0 Å². The zero-order valence-corrected chi connectivity index (χ0v) is 23.1. The largest absolute Gasteiger partial charge is 0.447 e. The molecule has 12 heteroatoms. The number of nitrogens with one attached hydrogen (secondary N) is 3.